The maximum atomic E-state index is 7.72. The van der Waals surface area contributed by atoms with E-state index in [0.29, 0.717) is 0 Å². The molecule has 0 aromatic heterocycles. The van der Waals surface area contributed by atoms with Crippen molar-refractivity contribution in [1.82, 2.24) is 4.90 Å². The molecule has 1 saturated heterocycles. The zero-order chi connectivity index (χ0) is 9.71. The van der Waals surface area contributed by atoms with E-state index in [1.165, 1.54) is 38.8 Å². The molecule has 0 aromatic carbocycles. The van der Waals surface area contributed by atoms with E-state index < -0.39 is 0 Å². The summed E-state index contributed by atoms with van der Waals surface area (Å²) in [6.07, 6.45) is 5.93. The van der Waals surface area contributed by atoms with Gasteiger partial charge < -0.3 is 4.90 Å². The minimum absolute atomic E-state index is 0.791. The highest BCUT2D eigenvalue weighted by molar-refractivity contribution is 5.76. The maximum Gasteiger partial charge on any atom is 0.0926 e. The molecule has 4 fully saturated rings. The molecule has 14 heavy (non-hydrogen) atoms. The predicted octanol–water partition coefficient (Wildman–Crippen LogP) is 2.35. The number of rotatable bonds is 0. The summed E-state index contributed by atoms with van der Waals surface area (Å²) in [6, 6.07) is 0. The second-order valence-corrected chi connectivity index (χ2v) is 5.49. The van der Waals surface area contributed by atoms with Gasteiger partial charge in [-0.05, 0) is 56.3 Å². The van der Waals surface area contributed by atoms with E-state index in [9.17, 15) is 0 Å². The maximum absolute atomic E-state index is 7.72. The van der Waals surface area contributed by atoms with Gasteiger partial charge in [0.25, 0.3) is 0 Å². The second-order valence-electron chi connectivity index (χ2n) is 5.49. The van der Waals surface area contributed by atoms with Crippen LogP contribution >= 0.6 is 0 Å². The van der Waals surface area contributed by atoms with Crippen LogP contribution in [0, 0.1) is 29.1 Å². The van der Waals surface area contributed by atoms with E-state index in [0.717, 1.165) is 29.5 Å². The van der Waals surface area contributed by atoms with Crippen LogP contribution in [0.5, 0.6) is 0 Å². The number of fused-ring (bicyclic) bond motifs is 2. The molecule has 1 N–H and O–H groups in total. The van der Waals surface area contributed by atoms with Crippen LogP contribution < -0.4 is 0 Å². The third-order valence-corrected chi connectivity index (χ3v) is 4.91. The first-order valence-electron chi connectivity index (χ1n) is 6.06. The van der Waals surface area contributed by atoms with Crippen LogP contribution in [0.15, 0.2) is 0 Å². The van der Waals surface area contributed by atoms with E-state index in [4.69, 9.17) is 5.41 Å². The largest absolute Gasteiger partial charge is 0.360 e. The van der Waals surface area contributed by atoms with E-state index >= 15 is 0 Å². The normalized spacial score (nSPS) is 45.4. The van der Waals surface area contributed by atoms with Crippen molar-refractivity contribution in [3.05, 3.63) is 0 Å². The standard InChI is InChI=1S/C12H20N2/c1-8(13)14-6-11-9-2-3-10(5-4-9)12(11)7-14/h9-13H,2-7H2,1H3/t9?,10?,11-,12+. The van der Waals surface area contributed by atoms with Crippen LogP contribution in [0.4, 0.5) is 0 Å². The molecule has 2 atom stereocenters. The zero-order valence-corrected chi connectivity index (χ0v) is 9.00. The van der Waals surface area contributed by atoms with Gasteiger partial charge in [-0.2, -0.15) is 0 Å². The van der Waals surface area contributed by atoms with Crippen LogP contribution in [0.1, 0.15) is 32.6 Å². The minimum atomic E-state index is 0.791. The van der Waals surface area contributed by atoms with Crippen LogP contribution in [0.2, 0.25) is 0 Å². The van der Waals surface area contributed by atoms with Crippen molar-refractivity contribution in [2.24, 2.45) is 23.7 Å². The molecule has 0 unspecified atom stereocenters. The van der Waals surface area contributed by atoms with Crippen molar-refractivity contribution < 1.29 is 0 Å². The van der Waals surface area contributed by atoms with Crippen molar-refractivity contribution in [2.75, 3.05) is 13.1 Å². The average molecular weight is 192 g/mol. The first-order valence-corrected chi connectivity index (χ1v) is 6.06. The van der Waals surface area contributed by atoms with Gasteiger partial charge in [0.05, 0.1) is 5.84 Å². The summed E-state index contributed by atoms with van der Waals surface area (Å²) < 4.78 is 0. The summed E-state index contributed by atoms with van der Waals surface area (Å²) in [5.74, 6) is 4.70. The topological polar surface area (TPSA) is 27.1 Å². The molecule has 0 amide bonds. The first kappa shape index (κ1) is 8.75. The van der Waals surface area contributed by atoms with E-state index in [2.05, 4.69) is 4.90 Å². The summed E-state index contributed by atoms with van der Waals surface area (Å²) in [5, 5.41) is 7.72. The fraction of sp³-hybridized carbons (Fsp3) is 0.917. The fourth-order valence-corrected chi connectivity index (χ4v) is 4.13. The Labute approximate surface area is 86.2 Å². The summed E-state index contributed by atoms with van der Waals surface area (Å²) in [6.45, 7) is 4.33. The number of likely N-dealkylation sites (tertiary alicyclic amines) is 1. The molecule has 3 saturated carbocycles. The summed E-state index contributed by atoms with van der Waals surface area (Å²) in [4.78, 5) is 2.31. The molecular weight excluding hydrogens is 172 g/mol. The molecule has 0 radical (unpaired) electrons. The first-order chi connectivity index (χ1) is 6.75. The Hall–Kier alpha value is -0.530. The minimum Gasteiger partial charge on any atom is -0.360 e. The molecule has 0 spiro atoms. The highest BCUT2D eigenvalue weighted by Gasteiger charge is 2.48. The smallest absolute Gasteiger partial charge is 0.0926 e. The van der Waals surface area contributed by atoms with Gasteiger partial charge in [0, 0.05) is 13.1 Å². The Bertz CT molecular complexity index is 233. The molecule has 0 aromatic rings. The van der Waals surface area contributed by atoms with E-state index in [-0.39, 0.29) is 0 Å². The lowest BCUT2D eigenvalue weighted by atomic mass is 9.60. The quantitative estimate of drug-likeness (QED) is 0.463. The number of nitrogens with one attached hydrogen (secondary N) is 1. The average Bonchev–Trinajstić information content (AvgIpc) is 2.65. The number of amidine groups is 1. The Morgan fingerprint density at radius 3 is 1.79 bits per heavy atom. The molecule has 78 valence electrons. The SMILES string of the molecule is CC(=N)N1C[C@@H]2C3CCC(CC3)[C@@H]2C1. The lowest BCUT2D eigenvalue weighted by molar-refractivity contribution is 0.0577. The summed E-state index contributed by atoms with van der Waals surface area (Å²) in [5.41, 5.74) is 0. The summed E-state index contributed by atoms with van der Waals surface area (Å²) in [7, 11) is 0. The van der Waals surface area contributed by atoms with Crippen molar-refractivity contribution in [1.29, 1.82) is 5.41 Å². The summed E-state index contributed by atoms with van der Waals surface area (Å²) >= 11 is 0. The van der Waals surface area contributed by atoms with Crippen LogP contribution in [-0.4, -0.2) is 23.8 Å². The molecule has 1 aliphatic heterocycles. The molecule has 2 bridgehead atoms. The Balaban J connectivity index is 1.81. The molecule has 2 nitrogen and oxygen atoms in total. The van der Waals surface area contributed by atoms with Gasteiger partial charge in [0.1, 0.15) is 0 Å². The Morgan fingerprint density at radius 2 is 1.43 bits per heavy atom. The number of hydrogen-bond acceptors (Lipinski definition) is 1. The van der Waals surface area contributed by atoms with Crippen molar-refractivity contribution in [2.45, 2.75) is 32.6 Å². The van der Waals surface area contributed by atoms with Crippen LogP contribution in [-0.2, 0) is 0 Å². The number of nitrogens with zero attached hydrogens (tertiary/aromatic N) is 1. The van der Waals surface area contributed by atoms with Gasteiger partial charge >= 0.3 is 0 Å². The molecule has 1 heterocycles. The molecular formula is C12H20N2. The van der Waals surface area contributed by atoms with Gasteiger partial charge in [0.15, 0.2) is 0 Å². The van der Waals surface area contributed by atoms with Crippen LogP contribution in [0.3, 0.4) is 0 Å². The fourth-order valence-electron chi connectivity index (χ4n) is 4.13. The third kappa shape index (κ3) is 1.12. The van der Waals surface area contributed by atoms with Crippen molar-refractivity contribution >= 4 is 5.84 Å². The predicted molar refractivity (Wildman–Crippen MR) is 57.4 cm³/mol. The molecule has 2 heteroatoms. The number of hydrogen-bond donors (Lipinski definition) is 1. The zero-order valence-electron chi connectivity index (χ0n) is 9.00. The lowest BCUT2D eigenvalue weighted by Crippen LogP contribution is -2.38. The highest BCUT2D eigenvalue weighted by atomic mass is 15.2. The van der Waals surface area contributed by atoms with Crippen molar-refractivity contribution in [3.8, 4) is 0 Å². The Morgan fingerprint density at radius 1 is 1.00 bits per heavy atom. The van der Waals surface area contributed by atoms with Gasteiger partial charge in [-0.15, -0.1) is 0 Å². The highest BCUT2D eigenvalue weighted by Crippen LogP contribution is 2.51. The van der Waals surface area contributed by atoms with E-state index in [1.807, 2.05) is 6.92 Å². The molecule has 4 aliphatic rings. The van der Waals surface area contributed by atoms with Gasteiger partial charge in [-0.3, -0.25) is 5.41 Å². The molecule has 4 rings (SSSR count). The monoisotopic (exact) mass is 192 g/mol. The van der Waals surface area contributed by atoms with E-state index in [1.54, 1.807) is 0 Å². The Kier molecular flexibility index (Phi) is 1.86. The van der Waals surface area contributed by atoms with Gasteiger partial charge in [0.2, 0.25) is 0 Å². The van der Waals surface area contributed by atoms with Crippen molar-refractivity contribution in [3.63, 3.8) is 0 Å². The van der Waals surface area contributed by atoms with Gasteiger partial charge in [-0.25, -0.2) is 0 Å². The molecule has 3 aliphatic carbocycles. The van der Waals surface area contributed by atoms with Crippen LogP contribution in [0.25, 0.3) is 0 Å². The third-order valence-electron chi connectivity index (χ3n) is 4.91. The second kappa shape index (κ2) is 2.98. The lowest BCUT2D eigenvalue weighted by Gasteiger charge is -2.44. The van der Waals surface area contributed by atoms with Gasteiger partial charge in [-0.1, -0.05) is 0 Å².